The second-order valence-electron chi connectivity index (χ2n) is 6.13. The summed E-state index contributed by atoms with van der Waals surface area (Å²) in [7, 11) is 0. The SMILES string of the molecule is CC.CC[C@@]12C(=O)OC[C@]1(N)C(CO)ON2Cc1ccc(C)cc1. The van der Waals surface area contributed by atoms with Crippen LogP contribution >= 0.6 is 0 Å². The highest BCUT2D eigenvalue weighted by Crippen LogP contribution is 2.47. The first-order valence-corrected chi connectivity index (χ1v) is 8.55. The van der Waals surface area contributed by atoms with Crippen LogP contribution in [-0.2, 0) is 20.9 Å². The Morgan fingerprint density at radius 2 is 1.96 bits per heavy atom. The monoisotopic (exact) mass is 336 g/mol. The molecular weight excluding hydrogens is 308 g/mol. The Labute approximate surface area is 143 Å². The Morgan fingerprint density at radius 1 is 1.33 bits per heavy atom. The molecule has 0 aromatic heterocycles. The molecule has 0 radical (unpaired) electrons. The molecule has 0 spiro atoms. The molecule has 2 heterocycles. The fourth-order valence-corrected chi connectivity index (χ4v) is 3.52. The van der Waals surface area contributed by atoms with Crippen LogP contribution in [0.2, 0.25) is 0 Å². The number of aliphatic hydroxyl groups is 1. The summed E-state index contributed by atoms with van der Waals surface area (Å²) in [5, 5.41) is 11.2. The number of hydrogen-bond acceptors (Lipinski definition) is 6. The Kier molecular flexibility index (Phi) is 5.65. The van der Waals surface area contributed by atoms with E-state index in [0.29, 0.717) is 13.0 Å². The lowest BCUT2D eigenvalue weighted by molar-refractivity contribution is -0.212. The third-order valence-electron chi connectivity index (χ3n) is 4.93. The van der Waals surface area contributed by atoms with Gasteiger partial charge in [-0.1, -0.05) is 50.6 Å². The minimum Gasteiger partial charge on any atom is -0.462 e. The zero-order chi connectivity index (χ0) is 18.0. The van der Waals surface area contributed by atoms with Gasteiger partial charge in [-0.15, -0.1) is 0 Å². The van der Waals surface area contributed by atoms with Gasteiger partial charge in [0.2, 0.25) is 0 Å². The third kappa shape index (κ3) is 2.63. The summed E-state index contributed by atoms with van der Waals surface area (Å²) in [6, 6.07) is 8.01. The number of nitrogens with zero attached hydrogens (tertiary/aromatic N) is 1. The molecule has 2 aliphatic heterocycles. The van der Waals surface area contributed by atoms with Crippen LogP contribution in [0.5, 0.6) is 0 Å². The van der Waals surface area contributed by atoms with Gasteiger partial charge < -0.3 is 15.6 Å². The molecule has 2 saturated heterocycles. The Balaban J connectivity index is 0.00000100. The first-order valence-electron chi connectivity index (χ1n) is 8.55. The number of carbonyl (C=O) groups is 1. The van der Waals surface area contributed by atoms with Gasteiger partial charge in [0.1, 0.15) is 18.2 Å². The number of fused-ring (bicyclic) bond motifs is 1. The van der Waals surface area contributed by atoms with E-state index in [2.05, 4.69) is 0 Å². The van der Waals surface area contributed by atoms with Crippen molar-refractivity contribution in [3.05, 3.63) is 35.4 Å². The van der Waals surface area contributed by atoms with Gasteiger partial charge in [-0.25, -0.2) is 4.79 Å². The number of aliphatic hydroxyl groups excluding tert-OH is 1. The van der Waals surface area contributed by atoms with E-state index < -0.39 is 17.2 Å². The molecule has 0 saturated carbocycles. The molecule has 1 unspecified atom stereocenters. The van der Waals surface area contributed by atoms with E-state index in [1.165, 1.54) is 0 Å². The highest BCUT2D eigenvalue weighted by Gasteiger charge is 2.72. The number of hydrogen-bond donors (Lipinski definition) is 2. The summed E-state index contributed by atoms with van der Waals surface area (Å²) < 4.78 is 5.24. The van der Waals surface area contributed by atoms with Crippen molar-refractivity contribution in [2.24, 2.45) is 5.73 Å². The number of ether oxygens (including phenoxy) is 1. The molecule has 0 amide bonds. The van der Waals surface area contributed by atoms with Crippen molar-refractivity contribution in [2.75, 3.05) is 13.2 Å². The van der Waals surface area contributed by atoms with Gasteiger partial charge in [0, 0.05) is 0 Å². The quantitative estimate of drug-likeness (QED) is 0.811. The molecule has 6 nitrogen and oxygen atoms in total. The summed E-state index contributed by atoms with van der Waals surface area (Å²) in [6.07, 6.45) is -0.186. The zero-order valence-electron chi connectivity index (χ0n) is 14.9. The maximum absolute atomic E-state index is 12.4. The van der Waals surface area contributed by atoms with Crippen molar-refractivity contribution >= 4 is 5.97 Å². The van der Waals surface area contributed by atoms with E-state index in [9.17, 15) is 9.90 Å². The second-order valence-corrected chi connectivity index (χ2v) is 6.13. The fraction of sp³-hybridized carbons (Fsp3) is 0.611. The van der Waals surface area contributed by atoms with Crippen LogP contribution in [0.1, 0.15) is 38.3 Å². The molecule has 2 aliphatic rings. The molecule has 2 fully saturated rings. The normalized spacial score (nSPS) is 32.1. The van der Waals surface area contributed by atoms with Crippen LogP contribution in [0.25, 0.3) is 0 Å². The molecule has 24 heavy (non-hydrogen) atoms. The second kappa shape index (κ2) is 7.19. The van der Waals surface area contributed by atoms with Crippen LogP contribution in [0.15, 0.2) is 24.3 Å². The van der Waals surface area contributed by atoms with E-state index in [1.54, 1.807) is 5.06 Å². The molecule has 134 valence electrons. The Morgan fingerprint density at radius 3 is 2.50 bits per heavy atom. The summed E-state index contributed by atoms with van der Waals surface area (Å²) >= 11 is 0. The van der Waals surface area contributed by atoms with Crippen LogP contribution < -0.4 is 5.73 Å². The predicted molar refractivity (Wildman–Crippen MR) is 90.9 cm³/mol. The number of esters is 1. The van der Waals surface area contributed by atoms with Crippen LogP contribution in [0, 0.1) is 6.92 Å². The maximum Gasteiger partial charge on any atom is 0.331 e. The van der Waals surface area contributed by atoms with Gasteiger partial charge >= 0.3 is 5.97 Å². The number of benzene rings is 1. The minimum absolute atomic E-state index is 0.0648. The lowest BCUT2D eigenvalue weighted by Gasteiger charge is -2.35. The van der Waals surface area contributed by atoms with Crippen molar-refractivity contribution in [1.82, 2.24) is 5.06 Å². The molecule has 1 aromatic carbocycles. The van der Waals surface area contributed by atoms with Gasteiger partial charge in [0.15, 0.2) is 5.54 Å². The average Bonchev–Trinajstić information content (AvgIpc) is 3.01. The van der Waals surface area contributed by atoms with E-state index in [1.807, 2.05) is 52.0 Å². The molecule has 0 bridgehead atoms. The van der Waals surface area contributed by atoms with Crippen molar-refractivity contribution in [3.8, 4) is 0 Å². The molecule has 3 N–H and O–H groups in total. The van der Waals surface area contributed by atoms with Gasteiger partial charge in [-0.3, -0.25) is 4.84 Å². The van der Waals surface area contributed by atoms with Gasteiger partial charge in [0.05, 0.1) is 13.2 Å². The number of cyclic esters (lactones) is 1. The van der Waals surface area contributed by atoms with Crippen molar-refractivity contribution < 1.29 is 19.5 Å². The van der Waals surface area contributed by atoms with E-state index in [-0.39, 0.29) is 19.2 Å². The molecule has 1 aromatic rings. The lowest BCUT2D eigenvalue weighted by Crippen LogP contribution is -2.66. The largest absolute Gasteiger partial charge is 0.462 e. The van der Waals surface area contributed by atoms with Gasteiger partial charge in [-0.05, 0) is 18.9 Å². The third-order valence-corrected chi connectivity index (χ3v) is 4.93. The highest BCUT2D eigenvalue weighted by molar-refractivity contribution is 5.86. The van der Waals surface area contributed by atoms with Gasteiger partial charge in [0.25, 0.3) is 0 Å². The van der Waals surface area contributed by atoms with Crippen LogP contribution in [0.4, 0.5) is 0 Å². The van der Waals surface area contributed by atoms with Crippen molar-refractivity contribution in [3.63, 3.8) is 0 Å². The zero-order valence-corrected chi connectivity index (χ0v) is 14.9. The Hall–Kier alpha value is -1.47. The van der Waals surface area contributed by atoms with E-state index >= 15 is 0 Å². The maximum atomic E-state index is 12.4. The van der Waals surface area contributed by atoms with Gasteiger partial charge in [-0.2, -0.15) is 5.06 Å². The van der Waals surface area contributed by atoms with Crippen LogP contribution in [0.3, 0.4) is 0 Å². The molecule has 0 aliphatic carbocycles. The van der Waals surface area contributed by atoms with Crippen molar-refractivity contribution in [2.45, 2.75) is 57.8 Å². The lowest BCUT2D eigenvalue weighted by atomic mass is 9.75. The summed E-state index contributed by atoms with van der Waals surface area (Å²) in [5.74, 6) is -0.374. The average molecular weight is 336 g/mol. The minimum atomic E-state index is -1.05. The van der Waals surface area contributed by atoms with Crippen molar-refractivity contribution in [1.29, 1.82) is 0 Å². The standard InChI is InChI=1S/C16H22N2O4.C2H6/c1-3-16-14(20)21-10-15(16,17)13(9-19)22-18(16)8-12-6-4-11(2)5-7-12;1-2/h4-7,13,19H,3,8-10,17H2,1-2H3;1-2H3/t13?,15-,16+;/m0./s1. The Bertz CT molecular complexity index is 577. The summed E-state index contributed by atoms with van der Waals surface area (Å²) in [5.41, 5.74) is 6.55. The first-order chi connectivity index (χ1) is 11.5. The van der Waals surface area contributed by atoms with E-state index in [0.717, 1.165) is 11.1 Å². The predicted octanol–water partition coefficient (Wildman–Crippen LogP) is 1.53. The van der Waals surface area contributed by atoms with Crippen LogP contribution in [-0.4, -0.2) is 46.5 Å². The number of carbonyl (C=O) groups excluding carboxylic acids is 1. The topological polar surface area (TPSA) is 85.0 Å². The number of rotatable bonds is 4. The van der Waals surface area contributed by atoms with E-state index in [4.69, 9.17) is 15.3 Å². The molecular formula is C18H28N2O4. The molecule has 3 atom stereocenters. The fourth-order valence-electron chi connectivity index (χ4n) is 3.52. The summed E-state index contributed by atoms with van der Waals surface area (Å²) in [6.45, 7) is 8.14. The number of hydroxylamine groups is 2. The smallest absolute Gasteiger partial charge is 0.331 e. The summed E-state index contributed by atoms with van der Waals surface area (Å²) in [4.78, 5) is 18.3. The highest BCUT2D eigenvalue weighted by atomic mass is 16.7. The molecule has 6 heteroatoms. The number of nitrogens with two attached hydrogens (primary N) is 1. The number of aryl methyl sites for hydroxylation is 1. The molecule has 3 rings (SSSR count). The first kappa shape index (κ1) is 18.9.